The summed E-state index contributed by atoms with van der Waals surface area (Å²) in [6.07, 6.45) is 2.21. The first-order valence-corrected chi connectivity index (χ1v) is 29.5. The Morgan fingerprint density at radius 2 is 0.694 bits per heavy atom. The maximum absolute atomic E-state index is 2.50. The van der Waals surface area contributed by atoms with Gasteiger partial charge in [-0.15, -0.1) is 0 Å². The lowest BCUT2D eigenvalue weighted by molar-refractivity contribution is 0.767. The molecule has 398 valence electrons. The zero-order chi connectivity index (χ0) is 56.1. The van der Waals surface area contributed by atoms with Gasteiger partial charge in [-0.3, -0.25) is 0 Å². The maximum Gasteiger partial charge on any atom is 0.0788 e. The van der Waals surface area contributed by atoms with Crippen molar-refractivity contribution in [2.45, 2.75) is 10.8 Å². The molecule has 0 unspecified atom stereocenters. The lowest BCUT2D eigenvalue weighted by atomic mass is 9.67. The molecule has 3 heteroatoms. The zero-order valence-corrected chi connectivity index (χ0v) is 46.6. The molecule has 3 nitrogen and oxygen atoms in total. The van der Waals surface area contributed by atoms with Crippen molar-refractivity contribution in [3.63, 3.8) is 0 Å². The van der Waals surface area contributed by atoms with Gasteiger partial charge in [0.1, 0.15) is 0 Å². The predicted molar refractivity (Wildman–Crippen MR) is 352 cm³/mol. The molecule has 0 radical (unpaired) electrons. The minimum atomic E-state index is -0.575. The van der Waals surface area contributed by atoms with E-state index in [-0.39, 0.29) is 0 Å². The van der Waals surface area contributed by atoms with Crippen molar-refractivity contribution in [2.24, 2.45) is 0 Å². The molecule has 15 aromatic rings. The van der Waals surface area contributed by atoms with E-state index in [4.69, 9.17) is 0 Å². The molecule has 2 aliphatic rings. The van der Waals surface area contributed by atoms with Gasteiger partial charge in [0.05, 0.1) is 27.4 Å². The third kappa shape index (κ3) is 7.20. The van der Waals surface area contributed by atoms with Gasteiger partial charge in [-0.25, -0.2) is 0 Å². The molecule has 0 spiro atoms. The van der Waals surface area contributed by atoms with Crippen LogP contribution in [0.2, 0.25) is 0 Å². The van der Waals surface area contributed by atoms with Crippen molar-refractivity contribution >= 4 is 49.8 Å². The molecule has 0 bridgehead atoms. The standard InChI is InChI=1S/C82H55N3/c1-7-23-59(24-8-1)81(60-25-9-2-10-26-60)74-37-21-19-35-68(74)70-48-45-66(54-76(70)81)84(67-46-49-71-69-36-20-22-38-75(69)82(77(71)55-67,61-27-11-3-12-28-61)62-29-13-4-14-30-62)65-43-39-56(40-44-65)58-42-50-78-73(53-58)72-47-41-57-51-52-83(63-31-15-5-16-32-63)79(57)80(72)85(78)64-33-17-6-18-34-64/h1-55H. The fourth-order valence-electron chi connectivity index (χ4n) is 14.9. The maximum atomic E-state index is 2.50. The van der Waals surface area contributed by atoms with Gasteiger partial charge in [0, 0.05) is 50.8 Å². The van der Waals surface area contributed by atoms with Crippen LogP contribution >= 0.6 is 0 Å². The van der Waals surface area contributed by atoms with Crippen LogP contribution in [0.4, 0.5) is 17.1 Å². The summed E-state index contributed by atoms with van der Waals surface area (Å²) < 4.78 is 4.80. The highest BCUT2D eigenvalue weighted by Crippen LogP contribution is 2.60. The van der Waals surface area contributed by atoms with Crippen LogP contribution in [-0.2, 0) is 10.8 Å². The van der Waals surface area contributed by atoms with Gasteiger partial charge in [0.15, 0.2) is 0 Å². The second-order valence-electron chi connectivity index (χ2n) is 22.7. The molecule has 0 fully saturated rings. The van der Waals surface area contributed by atoms with Crippen molar-refractivity contribution in [3.8, 4) is 44.8 Å². The fourth-order valence-corrected chi connectivity index (χ4v) is 14.9. The van der Waals surface area contributed by atoms with E-state index < -0.39 is 10.8 Å². The van der Waals surface area contributed by atoms with Crippen molar-refractivity contribution in [2.75, 3.05) is 4.90 Å². The number of nitrogens with zero attached hydrogens (tertiary/aromatic N) is 3. The lowest BCUT2D eigenvalue weighted by Gasteiger charge is -2.36. The van der Waals surface area contributed by atoms with Crippen LogP contribution in [0, 0.1) is 0 Å². The molecular formula is C82H55N3. The highest BCUT2D eigenvalue weighted by Gasteiger charge is 2.48. The molecular weight excluding hydrogens is 1030 g/mol. The van der Waals surface area contributed by atoms with Crippen molar-refractivity contribution in [3.05, 3.63) is 378 Å². The summed E-state index contributed by atoms with van der Waals surface area (Å²) in [6, 6.07) is 122. The van der Waals surface area contributed by atoms with Crippen LogP contribution in [0.15, 0.2) is 334 Å². The van der Waals surface area contributed by atoms with Gasteiger partial charge in [-0.2, -0.15) is 0 Å². The minimum Gasteiger partial charge on any atom is -0.315 e. The topological polar surface area (TPSA) is 13.1 Å². The quantitative estimate of drug-likeness (QED) is 0.133. The Morgan fingerprint density at radius 3 is 1.20 bits per heavy atom. The Labute approximate surface area is 494 Å². The van der Waals surface area contributed by atoms with Gasteiger partial charge in [-0.1, -0.05) is 249 Å². The monoisotopic (exact) mass is 1080 g/mol. The summed E-state index contributed by atoms with van der Waals surface area (Å²) in [5.41, 5.74) is 25.3. The number of hydrogen-bond donors (Lipinski definition) is 0. The van der Waals surface area contributed by atoms with Crippen LogP contribution in [0.5, 0.6) is 0 Å². The van der Waals surface area contributed by atoms with E-state index in [2.05, 4.69) is 348 Å². The molecule has 13 aromatic carbocycles. The predicted octanol–water partition coefficient (Wildman–Crippen LogP) is 20.6. The second kappa shape index (κ2) is 19.3. The van der Waals surface area contributed by atoms with Gasteiger partial charge in [0.2, 0.25) is 0 Å². The Balaban J connectivity index is 0.879. The Bertz CT molecular complexity index is 4760. The highest BCUT2D eigenvalue weighted by atomic mass is 15.1. The van der Waals surface area contributed by atoms with Gasteiger partial charge in [-0.05, 0) is 157 Å². The number of anilines is 3. The summed E-state index contributed by atoms with van der Waals surface area (Å²) in [6.45, 7) is 0. The number of benzene rings is 13. The van der Waals surface area contributed by atoms with Crippen molar-refractivity contribution in [1.29, 1.82) is 0 Å². The highest BCUT2D eigenvalue weighted by molar-refractivity contribution is 6.19. The van der Waals surface area contributed by atoms with E-state index >= 15 is 0 Å². The summed E-state index contributed by atoms with van der Waals surface area (Å²) in [7, 11) is 0. The Hall–Kier alpha value is -11.0. The van der Waals surface area contributed by atoms with E-state index in [0.717, 1.165) is 39.6 Å². The number of fused-ring (bicyclic) bond motifs is 11. The Kier molecular flexibility index (Phi) is 11.1. The molecule has 2 heterocycles. The van der Waals surface area contributed by atoms with Crippen LogP contribution in [-0.4, -0.2) is 9.13 Å². The van der Waals surface area contributed by atoms with Crippen molar-refractivity contribution in [1.82, 2.24) is 9.13 Å². The summed E-state index contributed by atoms with van der Waals surface area (Å²) >= 11 is 0. The van der Waals surface area contributed by atoms with E-state index in [1.807, 2.05) is 0 Å². The summed E-state index contributed by atoms with van der Waals surface area (Å²) in [4.78, 5) is 2.50. The first-order valence-electron chi connectivity index (χ1n) is 29.5. The Morgan fingerprint density at radius 1 is 0.271 bits per heavy atom. The molecule has 85 heavy (non-hydrogen) atoms. The molecule has 17 rings (SSSR count). The average Bonchev–Trinajstić information content (AvgIpc) is 1.68. The van der Waals surface area contributed by atoms with Gasteiger partial charge < -0.3 is 14.0 Å². The average molecular weight is 1080 g/mol. The number of aromatic nitrogens is 2. The minimum absolute atomic E-state index is 0.575. The third-order valence-electron chi connectivity index (χ3n) is 18.5. The summed E-state index contributed by atoms with van der Waals surface area (Å²) in [5, 5.41) is 3.63. The molecule has 0 atom stereocenters. The van der Waals surface area contributed by atoms with Crippen LogP contribution in [0.3, 0.4) is 0 Å². The largest absolute Gasteiger partial charge is 0.315 e. The third-order valence-corrected chi connectivity index (χ3v) is 18.5. The molecule has 0 aliphatic heterocycles. The second-order valence-corrected chi connectivity index (χ2v) is 22.7. The molecule has 0 saturated heterocycles. The van der Waals surface area contributed by atoms with Gasteiger partial charge >= 0.3 is 0 Å². The smallest absolute Gasteiger partial charge is 0.0788 e. The fraction of sp³-hybridized carbons (Fsp3) is 0.0244. The molecule has 2 aliphatic carbocycles. The zero-order valence-electron chi connectivity index (χ0n) is 46.6. The SMILES string of the molecule is c1ccc(-n2ccc3ccc4c5cc(-c6ccc(N(c7ccc8c(c7)C(c7ccccc7)(c7ccccc7)c7ccccc7-8)c7ccc8c(c7)C(c7ccccc7)(c7ccccc7)c7ccccc7-8)cc6)ccc5n(-c5ccccc5)c4c32)cc1. The first-order chi connectivity index (χ1) is 42.2. The van der Waals surface area contributed by atoms with Crippen molar-refractivity contribution < 1.29 is 0 Å². The van der Waals surface area contributed by atoms with Crippen LogP contribution in [0.1, 0.15) is 44.5 Å². The number of rotatable bonds is 10. The van der Waals surface area contributed by atoms with Crippen LogP contribution in [0.25, 0.3) is 77.5 Å². The normalized spacial score (nSPS) is 13.4. The van der Waals surface area contributed by atoms with Crippen LogP contribution < -0.4 is 4.90 Å². The van der Waals surface area contributed by atoms with E-state index in [9.17, 15) is 0 Å². The van der Waals surface area contributed by atoms with Gasteiger partial charge in [0.25, 0.3) is 0 Å². The number of para-hydroxylation sites is 2. The number of hydrogen-bond acceptors (Lipinski definition) is 1. The summed E-state index contributed by atoms with van der Waals surface area (Å²) in [5.74, 6) is 0. The lowest BCUT2D eigenvalue weighted by Crippen LogP contribution is -2.29. The van der Waals surface area contributed by atoms with E-state index in [1.54, 1.807) is 0 Å². The van der Waals surface area contributed by atoms with E-state index in [1.165, 1.54) is 99.5 Å². The van der Waals surface area contributed by atoms with E-state index in [0.29, 0.717) is 0 Å². The molecule has 0 amide bonds. The molecule has 0 N–H and O–H groups in total. The first kappa shape index (κ1) is 48.7. The molecule has 0 saturated carbocycles. The molecule has 2 aromatic heterocycles.